The van der Waals surface area contributed by atoms with E-state index in [0.717, 1.165) is 43.9 Å². The molecule has 116 valence electrons. The summed E-state index contributed by atoms with van der Waals surface area (Å²) in [5, 5.41) is 7.08. The highest BCUT2D eigenvalue weighted by molar-refractivity contribution is 5.92. The maximum atomic E-state index is 12.1. The fourth-order valence-electron chi connectivity index (χ4n) is 2.71. The van der Waals surface area contributed by atoms with Crippen molar-refractivity contribution in [3.8, 4) is 0 Å². The van der Waals surface area contributed by atoms with Gasteiger partial charge in [0.2, 0.25) is 0 Å². The predicted octanol–water partition coefficient (Wildman–Crippen LogP) is 1.77. The molecule has 1 saturated heterocycles. The Bertz CT molecular complexity index is 618. The first-order valence-corrected chi connectivity index (χ1v) is 7.57. The van der Waals surface area contributed by atoms with Gasteiger partial charge in [0.15, 0.2) is 0 Å². The van der Waals surface area contributed by atoms with Gasteiger partial charge in [-0.3, -0.25) is 14.7 Å². The van der Waals surface area contributed by atoms with E-state index in [-0.39, 0.29) is 11.9 Å². The monoisotopic (exact) mass is 300 g/mol. The molecule has 1 amide bonds. The van der Waals surface area contributed by atoms with Crippen LogP contribution in [0, 0.1) is 6.92 Å². The van der Waals surface area contributed by atoms with Crippen molar-refractivity contribution >= 4 is 5.91 Å². The lowest BCUT2D eigenvalue weighted by Crippen LogP contribution is -2.44. The lowest BCUT2D eigenvalue weighted by molar-refractivity contribution is 0.0903. The molecular weight excluding hydrogens is 280 g/mol. The molecule has 0 saturated carbocycles. The summed E-state index contributed by atoms with van der Waals surface area (Å²) >= 11 is 0. The van der Waals surface area contributed by atoms with Gasteiger partial charge in [-0.25, -0.2) is 0 Å². The Morgan fingerprint density at radius 1 is 1.41 bits per heavy atom. The molecule has 2 aromatic rings. The van der Waals surface area contributed by atoms with E-state index in [4.69, 9.17) is 4.52 Å². The number of rotatable bonds is 4. The number of amides is 1. The van der Waals surface area contributed by atoms with Crippen LogP contribution in [0.1, 0.15) is 34.8 Å². The summed E-state index contributed by atoms with van der Waals surface area (Å²) in [6, 6.07) is 7.54. The highest BCUT2D eigenvalue weighted by Gasteiger charge is 2.22. The molecule has 1 fully saturated rings. The zero-order valence-electron chi connectivity index (χ0n) is 12.7. The summed E-state index contributed by atoms with van der Waals surface area (Å²) in [6.45, 7) is 4.59. The average molecular weight is 300 g/mol. The maximum absolute atomic E-state index is 12.1. The Balaban J connectivity index is 1.46. The standard InChI is InChI=1S/C16H20N4O2/c1-12-10-14(19-22-12)11-20-8-5-13(6-9-20)18-16(21)15-4-2-3-7-17-15/h2-4,7,10,13H,5-6,8-9,11H2,1H3,(H,18,21). The number of likely N-dealkylation sites (tertiary alicyclic amines) is 1. The van der Waals surface area contributed by atoms with Crippen molar-refractivity contribution in [1.29, 1.82) is 0 Å². The SMILES string of the molecule is Cc1cc(CN2CCC(NC(=O)c3ccccn3)CC2)no1. The van der Waals surface area contributed by atoms with E-state index in [0.29, 0.717) is 5.69 Å². The molecule has 0 spiro atoms. The summed E-state index contributed by atoms with van der Waals surface area (Å²) in [6.07, 6.45) is 3.52. The molecule has 0 bridgehead atoms. The minimum absolute atomic E-state index is 0.0915. The van der Waals surface area contributed by atoms with E-state index >= 15 is 0 Å². The Labute approximate surface area is 129 Å². The molecule has 22 heavy (non-hydrogen) atoms. The van der Waals surface area contributed by atoms with Crippen LogP contribution < -0.4 is 5.32 Å². The smallest absolute Gasteiger partial charge is 0.270 e. The van der Waals surface area contributed by atoms with Crippen LogP contribution in [0.3, 0.4) is 0 Å². The van der Waals surface area contributed by atoms with Crippen LogP contribution in [-0.2, 0) is 6.54 Å². The summed E-state index contributed by atoms with van der Waals surface area (Å²) in [5.74, 6) is 0.749. The van der Waals surface area contributed by atoms with Crippen LogP contribution in [0.5, 0.6) is 0 Å². The number of aryl methyl sites for hydroxylation is 1. The van der Waals surface area contributed by atoms with Crippen molar-refractivity contribution in [2.45, 2.75) is 32.4 Å². The average Bonchev–Trinajstić information content (AvgIpc) is 2.95. The van der Waals surface area contributed by atoms with Crippen LogP contribution in [0.4, 0.5) is 0 Å². The molecule has 0 atom stereocenters. The number of nitrogens with one attached hydrogen (secondary N) is 1. The van der Waals surface area contributed by atoms with Gasteiger partial charge in [-0.2, -0.15) is 0 Å². The van der Waals surface area contributed by atoms with Gasteiger partial charge in [0.05, 0.1) is 5.69 Å². The third kappa shape index (κ3) is 3.71. The van der Waals surface area contributed by atoms with Gasteiger partial charge in [0, 0.05) is 37.9 Å². The van der Waals surface area contributed by atoms with Gasteiger partial charge in [-0.1, -0.05) is 11.2 Å². The molecule has 2 aromatic heterocycles. The number of hydrogen-bond acceptors (Lipinski definition) is 5. The minimum atomic E-state index is -0.0915. The normalized spacial score (nSPS) is 16.6. The van der Waals surface area contributed by atoms with Crippen molar-refractivity contribution < 1.29 is 9.32 Å². The quantitative estimate of drug-likeness (QED) is 0.932. The van der Waals surface area contributed by atoms with Crippen LogP contribution in [0.25, 0.3) is 0 Å². The number of carbonyl (C=O) groups is 1. The molecule has 3 heterocycles. The molecule has 6 heteroatoms. The summed E-state index contributed by atoms with van der Waals surface area (Å²) in [5.41, 5.74) is 1.44. The number of carbonyl (C=O) groups excluding carboxylic acids is 1. The third-order valence-electron chi connectivity index (χ3n) is 3.88. The van der Waals surface area contributed by atoms with Crippen LogP contribution >= 0.6 is 0 Å². The molecular formula is C16H20N4O2. The second kappa shape index (κ2) is 6.70. The zero-order valence-corrected chi connectivity index (χ0v) is 12.7. The second-order valence-corrected chi connectivity index (χ2v) is 5.67. The van der Waals surface area contributed by atoms with E-state index in [1.54, 1.807) is 18.3 Å². The van der Waals surface area contributed by atoms with Gasteiger partial charge in [-0.05, 0) is 31.9 Å². The molecule has 1 N–H and O–H groups in total. The topological polar surface area (TPSA) is 71.3 Å². The van der Waals surface area contributed by atoms with Gasteiger partial charge in [0.25, 0.3) is 5.91 Å². The Morgan fingerprint density at radius 2 is 2.23 bits per heavy atom. The fraction of sp³-hybridized carbons (Fsp3) is 0.438. The van der Waals surface area contributed by atoms with E-state index in [1.165, 1.54) is 0 Å². The first kappa shape index (κ1) is 14.7. The molecule has 0 aliphatic carbocycles. The van der Waals surface area contributed by atoms with Gasteiger partial charge in [0.1, 0.15) is 11.5 Å². The van der Waals surface area contributed by atoms with Gasteiger partial charge in [-0.15, -0.1) is 0 Å². The molecule has 0 aromatic carbocycles. The van der Waals surface area contributed by atoms with Crippen LogP contribution in [-0.4, -0.2) is 40.1 Å². The zero-order chi connectivity index (χ0) is 15.4. The van der Waals surface area contributed by atoms with Crippen molar-refractivity contribution in [3.63, 3.8) is 0 Å². The predicted molar refractivity (Wildman–Crippen MR) is 81.2 cm³/mol. The Kier molecular flexibility index (Phi) is 4.48. The molecule has 3 rings (SSSR count). The number of piperidine rings is 1. The summed E-state index contributed by atoms with van der Waals surface area (Å²) in [4.78, 5) is 18.5. The highest BCUT2D eigenvalue weighted by Crippen LogP contribution is 2.14. The lowest BCUT2D eigenvalue weighted by Gasteiger charge is -2.31. The number of nitrogens with zero attached hydrogens (tertiary/aromatic N) is 3. The van der Waals surface area contributed by atoms with Crippen molar-refractivity contribution in [2.75, 3.05) is 13.1 Å². The molecule has 0 unspecified atom stereocenters. The molecule has 0 radical (unpaired) electrons. The largest absolute Gasteiger partial charge is 0.361 e. The van der Waals surface area contributed by atoms with Crippen molar-refractivity contribution in [3.05, 3.63) is 47.6 Å². The summed E-state index contributed by atoms with van der Waals surface area (Å²) < 4.78 is 5.09. The third-order valence-corrected chi connectivity index (χ3v) is 3.88. The Hall–Kier alpha value is -2.21. The maximum Gasteiger partial charge on any atom is 0.270 e. The minimum Gasteiger partial charge on any atom is -0.361 e. The van der Waals surface area contributed by atoms with Crippen molar-refractivity contribution in [2.24, 2.45) is 0 Å². The highest BCUT2D eigenvalue weighted by atomic mass is 16.5. The van der Waals surface area contributed by atoms with E-state index in [9.17, 15) is 4.79 Å². The van der Waals surface area contributed by atoms with Crippen molar-refractivity contribution in [1.82, 2.24) is 20.4 Å². The first-order chi connectivity index (χ1) is 10.7. The second-order valence-electron chi connectivity index (χ2n) is 5.67. The number of hydrogen-bond donors (Lipinski definition) is 1. The summed E-state index contributed by atoms with van der Waals surface area (Å²) in [7, 11) is 0. The van der Waals surface area contributed by atoms with Gasteiger partial charge >= 0.3 is 0 Å². The lowest BCUT2D eigenvalue weighted by atomic mass is 10.0. The van der Waals surface area contributed by atoms with E-state index in [2.05, 4.69) is 20.4 Å². The first-order valence-electron chi connectivity index (χ1n) is 7.57. The number of pyridine rings is 1. The molecule has 1 aliphatic rings. The molecule has 1 aliphatic heterocycles. The van der Waals surface area contributed by atoms with E-state index < -0.39 is 0 Å². The fourth-order valence-corrected chi connectivity index (χ4v) is 2.71. The van der Waals surface area contributed by atoms with Crippen LogP contribution in [0.2, 0.25) is 0 Å². The van der Waals surface area contributed by atoms with Crippen LogP contribution in [0.15, 0.2) is 35.0 Å². The number of aromatic nitrogens is 2. The molecule has 6 nitrogen and oxygen atoms in total. The van der Waals surface area contributed by atoms with E-state index in [1.807, 2.05) is 19.1 Å². The Morgan fingerprint density at radius 3 is 2.86 bits per heavy atom. The van der Waals surface area contributed by atoms with Gasteiger partial charge < -0.3 is 9.84 Å².